The largest absolute Gasteiger partial charge is 0.494 e. The molecule has 1 unspecified atom stereocenters. The molecule has 2 atom stereocenters. The lowest BCUT2D eigenvalue weighted by atomic mass is 9.81. The standard InChI is InChI=1S/C22H23F2N5O4/c1-29-21(13(8-25-29)26-22(30)16-9-33-16)20-11-5-4-10(6-12(11)27-28-20)17-18(23)14(31-2)7-15(32-3)19(17)24/h7-8,10,16H,4-6,9H2,1-3H3,(H,26,30)(H,27,28)/t10-,16?/m0/s1. The molecule has 2 aromatic heterocycles. The van der Waals surface area contributed by atoms with E-state index in [0.29, 0.717) is 42.9 Å². The van der Waals surface area contributed by atoms with Gasteiger partial charge in [0.05, 0.1) is 32.7 Å². The molecule has 33 heavy (non-hydrogen) atoms. The first-order chi connectivity index (χ1) is 15.9. The van der Waals surface area contributed by atoms with E-state index in [2.05, 4.69) is 20.6 Å². The quantitative estimate of drug-likeness (QED) is 0.549. The first-order valence-corrected chi connectivity index (χ1v) is 10.5. The van der Waals surface area contributed by atoms with Crippen molar-refractivity contribution in [1.29, 1.82) is 0 Å². The van der Waals surface area contributed by atoms with Crippen LogP contribution >= 0.6 is 0 Å². The van der Waals surface area contributed by atoms with Gasteiger partial charge in [0.1, 0.15) is 11.4 Å². The summed E-state index contributed by atoms with van der Waals surface area (Å²) in [5.74, 6) is -2.21. The topological polar surface area (TPSA) is 107 Å². The van der Waals surface area contributed by atoms with Crippen molar-refractivity contribution in [2.75, 3.05) is 26.1 Å². The number of carbonyl (C=O) groups is 1. The van der Waals surface area contributed by atoms with Gasteiger partial charge in [0.15, 0.2) is 29.2 Å². The Morgan fingerprint density at radius 1 is 1.27 bits per heavy atom. The van der Waals surface area contributed by atoms with E-state index in [-0.39, 0.29) is 23.0 Å². The third-order valence-electron chi connectivity index (χ3n) is 6.21. The number of aryl methyl sites for hydroxylation is 1. The van der Waals surface area contributed by atoms with Crippen LogP contribution in [-0.2, 0) is 29.4 Å². The third kappa shape index (κ3) is 3.62. The van der Waals surface area contributed by atoms with Crippen molar-refractivity contribution in [1.82, 2.24) is 20.0 Å². The first kappa shape index (κ1) is 21.4. The van der Waals surface area contributed by atoms with Crippen LogP contribution in [-0.4, -0.2) is 52.8 Å². The van der Waals surface area contributed by atoms with Crippen molar-refractivity contribution in [2.24, 2.45) is 7.05 Å². The molecule has 174 valence electrons. The van der Waals surface area contributed by atoms with E-state index < -0.39 is 23.7 Å². The number of hydrogen-bond acceptors (Lipinski definition) is 6. The summed E-state index contributed by atoms with van der Waals surface area (Å²) in [5.41, 5.74) is 3.50. The highest BCUT2D eigenvalue weighted by molar-refractivity contribution is 5.98. The molecule has 0 saturated carbocycles. The summed E-state index contributed by atoms with van der Waals surface area (Å²) in [4.78, 5) is 12.2. The molecule has 1 saturated heterocycles. The smallest absolute Gasteiger partial charge is 0.256 e. The fourth-order valence-electron chi connectivity index (χ4n) is 4.43. The van der Waals surface area contributed by atoms with Gasteiger partial charge in [-0.3, -0.25) is 14.6 Å². The molecule has 1 aliphatic heterocycles. The number of aromatic amines is 1. The van der Waals surface area contributed by atoms with E-state index >= 15 is 8.78 Å². The number of hydrogen-bond donors (Lipinski definition) is 2. The van der Waals surface area contributed by atoms with Crippen LogP contribution in [0.1, 0.15) is 29.2 Å². The van der Waals surface area contributed by atoms with Crippen LogP contribution in [0.25, 0.3) is 11.4 Å². The molecule has 5 rings (SSSR count). The molecule has 3 heterocycles. The average Bonchev–Trinajstić information content (AvgIpc) is 3.50. The number of fused-ring (bicyclic) bond motifs is 1. The normalized spacial score (nSPS) is 19.2. The van der Waals surface area contributed by atoms with Gasteiger partial charge in [0, 0.05) is 29.9 Å². The highest BCUT2D eigenvalue weighted by atomic mass is 19.1. The number of H-pyrrole nitrogens is 1. The maximum Gasteiger partial charge on any atom is 0.256 e. The van der Waals surface area contributed by atoms with E-state index in [1.807, 2.05) is 0 Å². The number of epoxide rings is 1. The minimum Gasteiger partial charge on any atom is -0.494 e. The van der Waals surface area contributed by atoms with Crippen molar-refractivity contribution >= 4 is 11.6 Å². The molecule has 0 radical (unpaired) electrons. The number of amides is 1. The number of benzene rings is 1. The zero-order valence-electron chi connectivity index (χ0n) is 18.4. The summed E-state index contributed by atoms with van der Waals surface area (Å²) in [6, 6.07) is 1.21. The van der Waals surface area contributed by atoms with Crippen molar-refractivity contribution in [3.63, 3.8) is 0 Å². The molecule has 0 spiro atoms. The molecular weight excluding hydrogens is 436 g/mol. The van der Waals surface area contributed by atoms with Crippen LogP contribution in [0.5, 0.6) is 11.5 Å². The fourth-order valence-corrected chi connectivity index (χ4v) is 4.43. The van der Waals surface area contributed by atoms with Crippen LogP contribution in [0.15, 0.2) is 12.3 Å². The number of nitrogens with zero attached hydrogens (tertiary/aromatic N) is 3. The number of methoxy groups -OCH3 is 2. The second-order valence-corrected chi connectivity index (χ2v) is 8.13. The zero-order valence-corrected chi connectivity index (χ0v) is 18.4. The number of ether oxygens (including phenoxy) is 3. The summed E-state index contributed by atoms with van der Waals surface area (Å²) >= 11 is 0. The summed E-state index contributed by atoms with van der Waals surface area (Å²) in [6.45, 7) is 0.406. The van der Waals surface area contributed by atoms with Crippen LogP contribution in [0.4, 0.5) is 14.5 Å². The molecule has 1 fully saturated rings. The predicted molar refractivity (Wildman–Crippen MR) is 113 cm³/mol. The highest BCUT2D eigenvalue weighted by Gasteiger charge is 2.34. The Balaban J connectivity index is 1.47. The summed E-state index contributed by atoms with van der Waals surface area (Å²) in [7, 11) is 4.43. The molecular formula is C22H23F2N5O4. The Morgan fingerprint density at radius 3 is 2.61 bits per heavy atom. The van der Waals surface area contributed by atoms with E-state index in [4.69, 9.17) is 14.2 Å². The molecule has 11 heteroatoms. The van der Waals surface area contributed by atoms with Gasteiger partial charge in [-0.25, -0.2) is 8.78 Å². The van der Waals surface area contributed by atoms with Gasteiger partial charge in [-0.1, -0.05) is 0 Å². The van der Waals surface area contributed by atoms with Gasteiger partial charge < -0.3 is 19.5 Å². The van der Waals surface area contributed by atoms with Crippen LogP contribution < -0.4 is 14.8 Å². The summed E-state index contributed by atoms with van der Waals surface area (Å²) in [5, 5.41) is 14.6. The molecule has 2 aliphatic rings. The van der Waals surface area contributed by atoms with E-state index in [1.165, 1.54) is 20.3 Å². The zero-order chi connectivity index (χ0) is 23.3. The van der Waals surface area contributed by atoms with Crippen molar-refractivity contribution in [3.05, 3.63) is 40.7 Å². The van der Waals surface area contributed by atoms with Gasteiger partial charge in [0.25, 0.3) is 5.91 Å². The average molecular weight is 459 g/mol. The number of carbonyl (C=O) groups excluding carboxylic acids is 1. The van der Waals surface area contributed by atoms with Gasteiger partial charge in [0.2, 0.25) is 0 Å². The highest BCUT2D eigenvalue weighted by Crippen LogP contribution is 2.42. The summed E-state index contributed by atoms with van der Waals surface area (Å²) < 4.78 is 46.9. The second kappa shape index (κ2) is 8.14. The summed E-state index contributed by atoms with van der Waals surface area (Å²) in [6.07, 6.45) is 2.53. The lowest BCUT2D eigenvalue weighted by molar-refractivity contribution is -0.117. The van der Waals surface area contributed by atoms with E-state index in [1.54, 1.807) is 17.9 Å². The Hall–Kier alpha value is -3.47. The Kier molecular flexibility index (Phi) is 5.28. The lowest BCUT2D eigenvalue weighted by Crippen LogP contribution is -2.18. The molecule has 1 aromatic carbocycles. The first-order valence-electron chi connectivity index (χ1n) is 10.5. The lowest BCUT2D eigenvalue weighted by Gasteiger charge is -2.25. The monoisotopic (exact) mass is 459 g/mol. The van der Waals surface area contributed by atoms with Gasteiger partial charge in [-0.15, -0.1) is 0 Å². The number of nitrogens with one attached hydrogen (secondary N) is 2. The Bertz CT molecular complexity index is 1210. The van der Waals surface area contributed by atoms with Crippen LogP contribution in [0, 0.1) is 11.6 Å². The second-order valence-electron chi connectivity index (χ2n) is 8.13. The van der Waals surface area contributed by atoms with E-state index in [9.17, 15) is 4.79 Å². The van der Waals surface area contributed by atoms with E-state index in [0.717, 1.165) is 11.3 Å². The SMILES string of the molecule is COc1cc(OC)c(F)c([C@H]2CCc3c(-c4c(NC(=O)C5CO5)cnn4C)n[nH]c3C2)c1F. The molecule has 3 aromatic rings. The molecule has 0 bridgehead atoms. The third-order valence-corrected chi connectivity index (χ3v) is 6.21. The van der Waals surface area contributed by atoms with Gasteiger partial charge in [-0.05, 0) is 25.2 Å². The molecule has 1 aliphatic carbocycles. The number of halogens is 2. The maximum atomic E-state index is 15.0. The molecule has 1 amide bonds. The van der Waals surface area contributed by atoms with Crippen molar-refractivity contribution in [2.45, 2.75) is 31.3 Å². The number of anilines is 1. The predicted octanol–water partition coefficient (Wildman–Crippen LogP) is 2.72. The number of aromatic nitrogens is 4. The maximum absolute atomic E-state index is 15.0. The molecule has 9 nitrogen and oxygen atoms in total. The minimum atomic E-state index is -0.720. The Morgan fingerprint density at radius 2 is 1.97 bits per heavy atom. The Labute approximate surface area is 188 Å². The van der Waals surface area contributed by atoms with Crippen LogP contribution in [0.2, 0.25) is 0 Å². The molecule has 2 N–H and O–H groups in total. The van der Waals surface area contributed by atoms with Gasteiger partial charge >= 0.3 is 0 Å². The van der Waals surface area contributed by atoms with Crippen molar-refractivity contribution < 1.29 is 27.8 Å². The van der Waals surface area contributed by atoms with Gasteiger partial charge in [-0.2, -0.15) is 10.2 Å². The van der Waals surface area contributed by atoms with Crippen LogP contribution in [0.3, 0.4) is 0 Å². The minimum absolute atomic E-state index is 0.0501. The van der Waals surface area contributed by atoms with Crippen molar-refractivity contribution in [3.8, 4) is 22.9 Å². The fraction of sp³-hybridized carbons (Fsp3) is 0.409. The number of rotatable bonds is 6.